The van der Waals surface area contributed by atoms with E-state index in [-0.39, 0.29) is 0 Å². The molecule has 0 saturated carbocycles. The van der Waals surface area contributed by atoms with Crippen LogP contribution in [0.2, 0.25) is 0 Å². The molecule has 5 rings (SSSR count). The van der Waals surface area contributed by atoms with E-state index < -0.39 is 0 Å². The van der Waals surface area contributed by atoms with Gasteiger partial charge < -0.3 is 4.98 Å². The molecule has 0 aliphatic rings. The molecule has 0 unspecified atom stereocenters. The molecular weight excluding hydrogens is 322 g/mol. The zero-order valence-corrected chi connectivity index (χ0v) is 13.2. The average molecular weight is 333 g/mol. The highest BCUT2D eigenvalue weighted by molar-refractivity contribution is 7.98. The van der Waals surface area contributed by atoms with Gasteiger partial charge in [0.25, 0.3) is 0 Å². The minimum absolute atomic E-state index is 0.577. The standard InChI is InChI=1S/C16H11N7S/c1-2-6-11-10(5-1)14-15(17-11)18-16(21-20-14)24-9-23-13-8-4-3-7-12(13)19-22-23/h1-8H,9H2,(H,17,18,21). The Morgan fingerprint density at radius 1 is 0.958 bits per heavy atom. The van der Waals surface area contributed by atoms with Crippen LogP contribution in [0.4, 0.5) is 0 Å². The van der Waals surface area contributed by atoms with Gasteiger partial charge in [0.05, 0.1) is 11.4 Å². The number of H-pyrrole nitrogens is 1. The lowest BCUT2D eigenvalue weighted by atomic mass is 10.2. The maximum Gasteiger partial charge on any atom is 0.212 e. The number of fused-ring (bicyclic) bond motifs is 4. The summed E-state index contributed by atoms with van der Waals surface area (Å²) in [5.74, 6) is 0.577. The van der Waals surface area contributed by atoms with E-state index in [1.165, 1.54) is 11.8 Å². The molecule has 0 aliphatic heterocycles. The van der Waals surface area contributed by atoms with E-state index in [0.29, 0.717) is 11.0 Å². The molecule has 0 fully saturated rings. The molecule has 7 nitrogen and oxygen atoms in total. The quantitative estimate of drug-likeness (QED) is 0.511. The van der Waals surface area contributed by atoms with Crippen LogP contribution in [0.15, 0.2) is 53.7 Å². The lowest BCUT2D eigenvalue weighted by Gasteiger charge is -2.00. The normalized spacial score (nSPS) is 11.7. The average Bonchev–Trinajstić information content (AvgIpc) is 3.20. The first-order chi connectivity index (χ1) is 11.9. The van der Waals surface area contributed by atoms with Crippen molar-refractivity contribution in [1.82, 2.24) is 35.2 Å². The third-order valence-corrected chi connectivity index (χ3v) is 4.64. The minimum Gasteiger partial charge on any atom is -0.338 e. The molecule has 0 spiro atoms. The smallest absolute Gasteiger partial charge is 0.212 e. The largest absolute Gasteiger partial charge is 0.338 e. The Bertz CT molecular complexity index is 1180. The zero-order chi connectivity index (χ0) is 15.9. The van der Waals surface area contributed by atoms with Crippen LogP contribution in [0.1, 0.15) is 0 Å². The molecule has 0 saturated heterocycles. The monoisotopic (exact) mass is 333 g/mol. The lowest BCUT2D eigenvalue weighted by molar-refractivity contribution is 0.719. The molecule has 8 heteroatoms. The first kappa shape index (κ1) is 13.4. The summed E-state index contributed by atoms with van der Waals surface area (Å²) in [6.07, 6.45) is 0. The zero-order valence-electron chi connectivity index (χ0n) is 12.4. The van der Waals surface area contributed by atoms with Crippen LogP contribution in [0.25, 0.3) is 33.1 Å². The van der Waals surface area contributed by atoms with Crippen molar-refractivity contribution in [2.24, 2.45) is 0 Å². The summed E-state index contributed by atoms with van der Waals surface area (Å²) in [5.41, 5.74) is 4.42. The van der Waals surface area contributed by atoms with Crippen LogP contribution >= 0.6 is 11.8 Å². The van der Waals surface area contributed by atoms with Crippen LogP contribution < -0.4 is 0 Å². The van der Waals surface area contributed by atoms with Gasteiger partial charge in [-0.2, -0.15) is 0 Å². The van der Waals surface area contributed by atoms with E-state index in [0.717, 1.165) is 33.1 Å². The molecule has 2 aromatic carbocycles. The Balaban J connectivity index is 1.47. The number of hydrogen-bond donors (Lipinski definition) is 1. The van der Waals surface area contributed by atoms with Gasteiger partial charge in [-0.1, -0.05) is 47.3 Å². The Morgan fingerprint density at radius 3 is 2.83 bits per heavy atom. The number of hydrogen-bond acceptors (Lipinski definition) is 6. The van der Waals surface area contributed by atoms with E-state index in [9.17, 15) is 0 Å². The van der Waals surface area contributed by atoms with Crippen molar-refractivity contribution in [2.75, 3.05) is 0 Å². The summed E-state index contributed by atoms with van der Waals surface area (Å²) in [7, 11) is 0. The van der Waals surface area contributed by atoms with E-state index in [1.807, 2.05) is 53.2 Å². The summed E-state index contributed by atoms with van der Waals surface area (Å²) in [6, 6.07) is 15.8. The van der Waals surface area contributed by atoms with Crippen molar-refractivity contribution in [2.45, 2.75) is 11.0 Å². The van der Waals surface area contributed by atoms with Crippen molar-refractivity contribution < 1.29 is 0 Å². The maximum atomic E-state index is 4.56. The summed E-state index contributed by atoms with van der Waals surface area (Å²) in [6.45, 7) is 0. The SMILES string of the molecule is c1ccc2c(c1)nnn2CSc1nnc2c(n1)[nH]c1ccccc12. The van der Waals surface area contributed by atoms with Gasteiger partial charge in [-0.05, 0) is 18.2 Å². The van der Waals surface area contributed by atoms with Gasteiger partial charge in [0.2, 0.25) is 5.16 Å². The van der Waals surface area contributed by atoms with Crippen LogP contribution in [0, 0.1) is 0 Å². The topological polar surface area (TPSA) is 85.2 Å². The van der Waals surface area contributed by atoms with Gasteiger partial charge in [-0.15, -0.1) is 15.3 Å². The Kier molecular flexibility index (Phi) is 2.95. The molecule has 5 aromatic rings. The molecule has 1 N–H and O–H groups in total. The second-order valence-corrected chi connectivity index (χ2v) is 6.23. The summed E-state index contributed by atoms with van der Waals surface area (Å²) >= 11 is 1.47. The number of aromatic amines is 1. The molecule has 116 valence electrons. The fourth-order valence-corrected chi connectivity index (χ4v) is 3.38. The summed E-state index contributed by atoms with van der Waals surface area (Å²) in [4.78, 5) is 7.84. The minimum atomic E-state index is 0.577. The molecule has 0 aliphatic carbocycles. The predicted octanol–water partition coefficient (Wildman–Crippen LogP) is 3.00. The van der Waals surface area contributed by atoms with Gasteiger partial charge in [0.15, 0.2) is 5.65 Å². The van der Waals surface area contributed by atoms with Crippen LogP contribution in [-0.4, -0.2) is 35.2 Å². The first-order valence-electron chi connectivity index (χ1n) is 7.41. The van der Waals surface area contributed by atoms with Gasteiger partial charge in [-0.25, -0.2) is 9.67 Å². The Labute approximate surface area is 140 Å². The van der Waals surface area contributed by atoms with Crippen molar-refractivity contribution >= 4 is 44.9 Å². The fraction of sp³-hybridized carbons (Fsp3) is 0.0625. The Morgan fingerprint density at radius 2 is 1.83 bits per heavy atom. The highest BCUT2D eigenvalue weighted by Crippen LogP contribution is 2.24. The van der Waals surface area contributed by atoms with E-state index in [1.54, 1.807) is 0 Å². The van der Waals surface area contributed by atoms with Gasteiger partial charge in [0, 0.05) is 10.9 Å². The fourth-order valence-electron chi connectivity index (χ4n) is 2.70. The van der Waals surface area contributed by atoms with Crippen LogP contribution in [0.3, 0.4) is 0 Å². The van der Waals surface area contributed by atoms with E-state index >= 15 is 0 Å². The number of benzene rings is 2. The number of thioether (sulfide) groups is 1. The van der Waals surface area contributed by atoms with Gasteiger partial charge >= 0.3 is 0 Å². The van der Waals surface area contributed by atoms with Crippen LogP contribution in [-0.2, 0) is 5.88 Å². The number of aromatic nitrogens is 7. The maximum absolute atomic E-state index is 4.56. The molecular formula is C16H11N7S. The third kappa shape index (κ3) is 2.11. The number of nitrogens with zero attached hydrogens (tertiary/aromatic N) is 6. The lowest BCUT2D eigenvalue weighted by Crippen LogP contribution is -1.99. The predicted molar refractivity (Wildman–Crippen MR) is 92.6 cm³/mol. The molecule has 3 heterocycles. The highest BCUT2D eigenvalue weighted by Gasteiger charge is 2.10. The molecule has 0 amide bonds. The molecule has 0 radical (unpaired) electrons. The summed E-state index contributed by atoms with van der Waals surface area (Å²) in [5, 5.41) is 18.5. The van der Waals surface area contributed by atoms with Gasteiger partial charge in [-0.3, -0.25) is 0 Å². The van der Waals surface area contributed by atoms with Crippen molar-refractivity contribution in [1.29, 1.82) is 0 Å². The van der Waals surface area contributed by atoms with Gasteiger partial charge in [0.1, 0.15) is 11.0 Å². The van der Waals surface area contributed by atoms with Crippen molar-refractivity contribution in [3.05, 3.63) is 48.5 Å². The number of para-hydroxylation sites is 2. The van der Waals surface area contributed by atoms with E-state index in [4.69, 9.17) is 0 Å². The molecule has 0 atom stereocenters. The number of nitrogens with one attached hydrogen (secondary N) is 1. The molecule has 24 heavy (non-hydrogen) atoms. The highest BCUT2D eigenvalue weighted by atomic mass is 32.2. The van der Waals surface area contributed by atoms with E-state index in [2.05, 4.69) is 30.5 Å². The second-order valence-electron chi connectivity index (χ2n) is 5.31. The Hall–Kier alpha value is -3.00. The van der Waals surface area contributed by atoms with Crippen LogP contribution in [0.5, 0.6) is 0 Å². The van der Waals surface area contributed by atoms with Crippen molar-refractivity contribution in [3.63, 3.8) is 0 Å². The first-order valence-corrected chi connectivity index (χ1v) is 8.39. The summed E-state index contributed by atoms with van der Waals surface area (Å²) < 4.78 is 1.83. The number of rotatable bonds is 3. The van der Waals surface area contributed by atoms with Crippen molar-refractivity contribution in [3.8, 4) is 0 Å². The molecule has 0 bridgehead atoms. The third-order valence-electron chi connectivity index (χ3n) is 3.84. The second kappa shape index (κ2) is 5.27. The molecule has 3 aromatic heterocycles.